The van der Waals surface area contributed by atoms with Crippen molar-refractivity contribution in [3.05, 3.63) is 48.0 Å². The van der Waals surface area contributed by atoms with Crippen molar-refractivity contribution in [3.63, 3.8) is 0 Å². The summed E-state index contributed by atoms with van der Waals surface area (Å²) < 4.78 is 27.0. The molecule has 0 atom stereocenters. The van der Waals surface area contributed by atoms with Crippen molar-refractivity contribution in [1.29, 1.82) is 0 Å². The molecule has 2 rings (SSSR count). The van der Waals surface area contributed by atoms with Gasteiger partial charge in [-0.3, -0.25) is 4.98 Å². The number of aromatic nitrogens is 1. The van der Waals surface area contributed by atoms with Gasteiger partial charge in [-0.2, -0.15) is 0 Å². The molecule has 0 saturated carbocycles. The molecule has 0 aliphatic rings. The predicted molar refractivity (Wildman–Crippen MR) is 90.2 cm³/mol. The molecule has 0 amide bonds. The molecule has 0 saturated heterocycles. The number of hydrogen-bond donors (Lipinski definition) is 1. The molecule has 114 valence electrons. The number of pyridine rings is 1. The number of terminal acetylenes is 1. The molecule has 1 N–H and O–H groups in total. The van der Waals surface area contributed by atoms with E-state index in [9.17, 15) is 8.96 Å². The fourth-order valence-corrected chi connectivity index (χ4v) is 4.27. The average molecular weight is 316 g/mol. The average Bonchev–Trinajstić information content (AvgIpc) is 2.56. The van der Waals surface area contributed by atoms with Gasteiger partial charge in [0.1, 0.15) is 13.0 Å². The summed E-state index contributed by atoms with van der Waals surface area (Å²) in [6.45, 7) is 3.80. The molecular formula is C17H18FN2OP. The largest absolute Gasteiger partial charge is 0.351 e. The minimum atomic E-state index is -2.50. The summed E-state index contributed by atoms with van der Waals surface area (Å²) >= 11 is 0. The van der Waals surface area contributed by atoms with E-state index in [1.807, 2.05) is 13.8 Å². The molecule has 1 heterocycles. The zero-order valence-corrected chi connectivity index (χ0v) is 13.5. The van der Waals surface area contributed by atoms with Gasteiger partial charge in [0.15, 0.2) is 0 Å². The molecule has 1 aromatic carbocycles. The highest BCUT2D eigenvalue weighted by Gasteiger charge is 2.23. The SMILES string of the molecule is C#Cc1ccc(Nc2cnccc2P(=O)(CC)CC)c(F)c1. The quantitative estimate of drug-likeness (QED) is 0.670. The number of anilines is 2. The van der Waals surface area contributed by atoms with Gasteiger partial charge in [0.05, 0.1) is 17.6 Å². The van der Waals surface area contributed by atoms with E-state index in [0.29, 0.717) is 28.9 Å². The molecule has 2 aromatic rings. The Morgan fingerprint density at radius 3 is 2.59 bits per heavy atom. The summed E-state index contributed by atoms with van der Waals surface area (Å²) in [5, 5.41) is 3.69. The number of halogens is 1. The maximum Gasteiger partial charge on any atom is 0.147 e. The van der Waals surface area contributed by atoms with Crippen LogP contribution in [-0.4, -0.2) is 17.3 Å². The van der Waals surface area contributed by atoms with Crippen LogP contribution in [0.25, 0.3) is 0 Å². The number of nitrogens with zero attached hydrogens (tertiary/aromatic N) is 1. The Hall–Kier alpha value is -2.11. The Kier molecular flexibility index (Phi) is 5.00. The van der Waals surface area contributed by atoms with Gasteiger partial charge in [-0.1, -0.05) is 19.8 Å². The van der Waals surface area contributed by atoms with E-state index >= 15 is 0 Å². The van der Waals surface area contributed by atoms with E-state index in [1.54, 1.807) is 30.6 Å². The summed E-state index contributed by atoms with van der Waals surface area (Å²) in [5.74, 6) is 1.94. The molecule has 0 unspecified atom stereocenters. The normalized spacial score (nSPS) is 11.0. The highest BCUT2D eigenvalue weighted by Crippen LogP contribution is 2.45. The first-order valence-corrected chi connectivity index (χ1v) is 9.17. The lowest BCUT2D eigenvalue weighted by molar-refractivity contribution is 0.582. The molecule has 1 aromatic heterocycles. The maximum atomic E-state index is 14.1. The summed E-state index contributed by atoms with van der Waals surface area (Å²) in [7, 11) is -2.50. The second-order valence-electron chi connectivity index (χ2n) is 4.88. The van der Waals surface area contributed by atoms with E-state index in [1.165, 1.54) is 6.07 Å². The van der Waals surface area contributed by atoms with Crippen LogP contribution in [0.3, 0.4) is 0 Å². The molecule has 0 bridgehead atoms. The Balaban J connectivity index is 2.44. The van der Waals surface area contributed by atoms with Crippen molar-refractivity contribution in [2.24, 2.45) is 0 Å². The van der Waals surface area contributed by atoms with Gasteiger partial charge in [0.25, 0.3) is 0 Å². The van der Waals surface area contributed by atoms with E-state index < -0.39 is 13.0 Å². The van der Waals surface area contributed by atoms with Crippen LogP contribution in [0.15, 0.2) is 36.7 Å². The molecule has 3 nitrogen and oxygen atoms in total. The monoisotopic (exact) mass is 316 g/mol. The Morgan fingerprint density at radius 2 is 2.00 bits per heavy atom. The third-order valence-corrected chi connectivity index (χ3v) is 6.98. The van der Waals surface area contributed by atoms with Crippen molar-refractivity contribution in [2.45, 2.75) is 13.8 Å². The van der Waals surface area contributed by atoms with E-state index in [0.717, 1.165) is 0 Å². The highest BCUT2D eigenvalue weighted by atomic mass is 31.2. The lowest BCUT2D eigenvalue weighted by atomic mass is 10.2. The van der Waals surface area contributed by atoms with Crippen molar-refractivity contribution >= 4 is 23.8 Å². The summed E-state index contributed by atoms with van der Waals surface area (Å²) in [5.41, 5.74) is 1.33. The summed E-state index contributed by atoms with van der Waals surface area (Å²) in [6, 6.07) is 6.26. The van der Waals surface area contributed by atoms with Crippen LogP contribution in [0.2, 0.25) is 0 Å². The van der Waals surface area contributed by atoms with Crippen LogP contribution < -0.4 is 10.6 Å². The first-order valence-electron chi connectivity index (χ1n) is 7.10. The van der Waals surface area contributed by atoms with E-state index in [2.05, 4.69) is 16.2 Å². The Bertz CT molecular complexity index is 759. The molecular weight excluding hydrogens is 298 g/mol. The molecule has 0 aliphatic carbocycles. The molecule has 0 fully saturated rings. The second kappa shape index (κ2) is 6.77. The van der Waals surface area contributed by atoms with Gasteiger partial charge < -0.3 is 9.88 Å². The lowest BCUT2D eigenvalue weighted by Gasteiger charge is -2.19. The highest BCUT2D eigenvalue weighted by molar-refractivity contribution is 7.71. The molecule has 0 spiro atoms. The molecule has 5 heteroatoms. The van der Waals surface area contributed by atoms with Crippen LogP contribution in [-0.2, 0) is 4.57 Å². The zero-order valence-electron chi connectivity index (χ0n) is 12.6. The van der Waals surface area contributed by atoms with Gasteiger partial charge in [-0.25, -0.2) is 4.39 Å². The fraction of sp³-hybridized carbons (Fsp3) is 0.235. The molecule has 22 heavy (non-hydrogen) atoms. The summed E-state index contributed by atoms with van der Waals surface area (Å²) in [6.07, 6.45) is 9.55. The third kappa shape index (κ3) is 3.21. The second-order valence-corrected chi connectivity index (χ2v) is 8.40. The predicted octanol–water partition coefficient (Wildman–Crippen LogP) is 3.97. The first kappa shape index (κ1) is 16.3. The zero-order chi connectivity index (χ0) is 16.2. The van der Waals surface area contributed by atoms with Gasteiger partial charge in [0, 0.05) is 29.4 Å². The summed E-state index contributed by atoms with van der Waals surface area (Å²) in [4.78, 5) is 4.05. The number of rotatable bonds is 5. The van der Waals surface area contributed by atoms with Gasteiger partial charge >= 0.3 is 0 Å². The minimum Gasteiger partial charge on any atom is -0.351 e. The number of benzene rings is 1. The van der Waals surface area contributed by atoms with Crippen molar-refractivity contribution in [1.82, 2.24) is 4.98 Å². The van der Waals surface area contributed by atoms with Crippen LogP contribution in [0, 0.1) is 18.2 Å². The van der Waals surface area contributed by atoms with Crippen LogP contribution >= 0.6 is 7.14 Å². The Morgan fingerprint density at radius 1 is 1.27 bits per heavy atom. The van der Waals surface area contributed by atoms with Gasteiger partial charge in [-0.05, 0) is 24.3 Å². The topological polar surface area (TPSA) is 42.0 Å². The fourth-order valence-electron chi connectivity index (χ4n) is 2.25. The Labute approximate surface area is 130 Å². The maximum absolute atomic E-state index is 14.1. The van der Waals surface area contributed by atoms with Crippen molar-refractivity contribution < 1.29 is 8.96 Å². The van der Waals surface area contributed by atoms with Crippen molar-refractivity contribution in [3.8, 4) is 12.3 Å². The van der Waals surface area contributed by atoms with Gasteiger partial charge in [0.2, 0.25) is 0 Å². The molecule has 0 radical (unpaired) electrons. The van der Waals surface area contributed by atoms with Crippen LogP contribution in [0.1, 0.15) is 19.4 Å². The van der Waals surface area contributed by atoms with Crippen LogP contribution in [0.4, 0.5) is 15.8 Å². The van der Waals surface area contributed by atoms with E-state index in [4.69, 9.17) is 6.42 Å². The first-order chi connectivity index (χ1) is 10.5. The van der Waals surface area contributed by atoms with E-state index in [-0.39, 0.29) is 5.69 Å². The smallest absolute Gasteiger partial charge is 0.147 e. The van der Waals surface area contributed by atoms with Gasteiger partial charge in [-0.15, -0.1) is 6.42 Å². The van der Waals surface area contributed by atoms with Crippen LogP contribution in [0.5, 0.6) is 0 Å². The minimum absolute atomic E-state index is 0.284. The lowest BCUT2D eigenvalue weighted by Crippen LogP contribution is -2.14. The number of nitrogens with one attached hydrogen (secondary N) is 1. The molecule has 0 aliphatic heterocycles. The van der Waals surface area contributed by atoms with Crippen molar-refractivity contribution in [2.75, 3.05) is 17.6 Å². The standard InChI is InChI=1S/C17H18FN2OP/c1-4-13-7-8-15(14(18)11-13)20-16-12-19-10-9-17(16)22(21,5-2)6-3/h1,7-12,20H,5-6H2,2-3H3. The number of hydrogen-bond acceptors (Lipinski definition) is 3. The third-order valence-electron chi connectivity index (χ3n) is 3.66.